The fourth-order valence-electron chi connectivity index (χ4n) is 2.12. The monoisotopic (exact) mass is 348 g/mol. The summed E-state index contributed by atoms with van der Waals surface area (Å²) < 4.78 is 5.18. The first-order valence-electron chi connectivity index (χ1n) is 8.04. The molecule has 136 valence electrons. The van der Waals surface area contributed by atoms with E-state index in [1.54, 1.807) is 32.9 Å². The fourth-order valence-corrected chi connectivity index (χ4v) is 2.12. The molecule has 1 heterocycles. The predicted octanol–water partition coefficient (Wildman–Crippen LogP) is 2.33. The van der Waals surface area contributed by atoms with Crippen molar-refractivity contribution in [1.82, 2.24) is 20.5 Å². The topological polar surface area (TPSA) is 95.3 Å². The zero-order valence-corrected chi connectivity index (χ0v) is 15.2. The Bertz CT molecular complexity index is 761. The molecule has 25 heavy (non-hydrogen) atoms. The number of benzene rings is 1. The van der Waals surface area contributed by atoms with E-state index in [0.717, 1.165) is 4.85 Å². The highest BCUT2D eigenvalue weighted by Gasteiger charge is 2.26. The number of alkyl carbamates (subject to hydrolysis) is 1. The fraction of sp³-hybridized carbons (Fsp3) is 0.529. The van der Waals surface area contributed by atoms with E-state index in [1.165, 1.54) is 0 Å². The number of nitrogens with one attached hydrogen (secondary N) is 1. The zero-order chi connectivity index (χ0) is 18.7. The number of carbonyl (C=O) groups excluding carboxylic acids is 2. The molecule has 0 unspecified atom stereocenters. The van der Waals surface area contributed by atoms with Crippen LogP contribution in [0.1, 0.15) is 41.0 Å². The minimum Gasteiger partial charge on any atom is -0.444 e. The predicted molar refractivity (Wildman–Crippen MR) is 91.7 cm³/mol. The summed E-state index contributed by atoms with van der Waals surface area (Å²) in [6, 6.07) is 7.18. The van der Waals surface area contributed by atoms with Crippen LogP contribution < -0.4 is 10.2 Å². The Labute approximate surface area is 146 Å². The first kappa shape index (κ1) is 18.7. The molecule has 1 N–H and O–H groups in total. The minimum atomic E-state index is -0.568. The Balaban J connectivity index is 1.89. The molecule has 0 atom stereocenters. The van der Waals surface area contributed by atoms with E-state index in [4.69, 9.17) is 9.57 Å². The van der Waals surface area contributed by atoms with Crippen LogP contribution in [0.4, 0.5) is 4.79 Å². The summed E-state index contributed by atoms with van der Waals surface area (Å²) in [5.41, 5.74) is 0.174. The lowest BCUT2D eigenvalue weighted by atomic mass is 9.89. The van der Waals surface area contributed by atoms with Crippen molar-refractivity contribution in [1.29, 1.82) is 0 Å². The van der Waals surface area contributed by atoms with Gasteiger partial charge in [0.05, 0.1) is 6.42 Å². The van der Waals surface area contributed by atoms with E-state index in [2.05, 4.69) is 15.6 Å². The third-order valence-electron chi connectivity index (χ3n) is 3.24. The van der Waals surface area contributed by atoms with Gasteiger partial charge in [-0.1, -0.05) is 30.8 Å². The van der Waals surface area contributed by atoms with Gasteiger partial charge in [-0.25, -0.2) is 9.59 Å². The smallest absolute Gasteiger partial charge is 0.407 e. The van der Waals surface area contributed by atoms with Crippen molar-refractivity contribution < 1.29 is 19.2 Å². The average molecular weight is 348 g/mol. The summed E-state index contributed by atoms with van der Waals surface area (Å²) in [5.74, 6) is -0.466. The highest BCUT2D eigenvalue weighted by molar-refractivity contribution is 5.76. The molecule has 0 aliphatic rings. The van der Waals surface area contributed by atoms with Crippen molar-refractivity contribution >= 4 is 23.1 Å². The lowest BCUT2D eigenvalue weighted by Crippen LogP contribution is -2.39. The molecule has 1 aromatic heterocycles. The van der Waals surface area contributed by atoms with Crippen molar-refractivity contribution in [3.05, 3.63) is 24.3 Å². The maximum absolute atomic E-state index is 12.2. The van der Waals surface area contributed by atoms with Crippen molar-refractivity contribution in [2.24, 2.45) is 5.41 Å². The summed E-state index contributed by atoms with van der Waals surface area (Å²) in [4.78, 5) is 30.3. The molecule has 1 aromatic carbocycles. The normalized spacial score (nSPS) is 12.0. The second-order valence-electron chi connectivity index (χ2n) is 7.61. The van der Waals surface area contributed by atoms with Crippen molar-refractivity contribution in [2.45, 2.75) is 46.6 Å². The van der Waals surface area contributed by atoms with Crippen LogP contribution in [0, 0.1) is 5.41 Å². The molecule has 0 radical (unpaired) electrons. The number of hydrogen-bond donors (Lipinski definition) is 1. The Morgan fingerprint density at radius 1 is 1.16 bits per heavy atom. The van der Waals surface area contributed by atoms with Gasteiger partial charge in [-0.2, -0.15) is 0 Å². The Kier molecular flexibility index (Phi) is 5.30. The molecule has 2 aromatic rings. The molecule has 0 bridgehead atoms. The van der Waals surface area contributed by atoms with E-state index < -0.39 is 23.1 Å². The Morgan fingerprint density at radius 3 is 2.52 bits per heavy atom. The number of rotatable bonds is 5. The molecule has 1 amide bonds. The van der Waals surface area contributed by atoms with E-state index in [-0.39, 0.29) is 13.0 Å². The van der Waals surface area contributed by atoms with E-state index >= 15 is 0 Å². The van der Waals surface area contributed by atoms with E-state index in [0.29, 0.717) is 11.0 Å². The largest absolute Gasteiger partial charge is 0.444 e. The highest BCUT2D eigenvalue weighted by atomic mass is 16.7. The van der Waals surface area contributed by atoms with Gasteiger partial charge in [0.1, 0.15) is 16.6 Å². The molecule has 0 saturated carbocycles. The lowest BCUT2D eigenvalue weighted by Gasteiger charge is -2.25. The molecule has 0 aliphatic carbocycles. The van der Waals surface area contributed by atoms with Crippen LogP contribution in [-0.4, -0.2) is 39.4 Å². The first-order chi connectivity index (χ1) is 11.6. The Hall–Kier alpha value is -2.64. The number of nitrogens with zero attached hydrogens (tertiary/aromatic N) is 3. The van der Waals surface area contributed by atoms with Gasteiger partial charge in [-0.05, 0) is 43.5 Å². The number of hydrogen-bond acceptors (Lipinski definition) is 6. The van der Waals surface area contributed by atoms with Gasteiger partial charge in [0.2, 0.25) is 0 Å². The molecule has 2 rings (SSSR count). The van der Waals surface area contributed by atoms with Gasteiger partial charge in [-0.3, -0.25) is 0 Å². The lowest BCUT2D eigenvalue weighted by molar-refractivity contribution is -0.147. The van der Waals surface area contributed by atoms with Crippen LogP contribution in [0.5, 0.6) is 0 Å². The zero-order valence-electron chi connectivity index (χ0n) is 15.2. The SMILES string of the molecule is CC(C)(CNC(=O)OC(C)(C)C)CC(=O)On1nnc2ccccc21. The summed E-state index contributed by atoms with van der Waals surface area (Å²) >= 11 is 0. The minimum absolute atomic E-state index is 0.0942. The van der Waals surface area contributed by atoms with Crippen LogP contribution in [-0.2, 0) is 9.53 Å². The molecule has 8 heteroatoms. The third-order valence-corrected chi connectivity index (χ3v) is 3.24. The number of amides is 1. The second-order valence-corrected chi connectivity index (χ2v) is 7.61. The number of fused-ring (bicyclic) bond motifs is 1. The molecule has 0 fully saturated rings. The van der Waals surface area contributed by atoms with Crippen LogP contribution in [0.2, 0.25) is 0 Å². The first-order valence-corrected chi connectivity index (χ1v) is 8.04. The van der Waals surface area contributed by atoms with Gasteiger partial charge in [0.25, 0.3) is 0 Å². The third kappa shape index (κ3) is 5.74. The highest BCUT2D eigenvalue weighted by Crippen LogP contribution is 2.20. The van der Waals surface area contributed by atoms with E-state index in [9.17, 15) is 9.59 Å². The molecular weight excluding hydrogens is 324 g/mol. The maximum atomic E-state index is 12.2. The van der Waals surface area contributed by atoms with E-state index in [1.807, 2.05) is 26.0 Å². The molecule has 0 spiro atoms. The van der Waals surface area contributed by atoms with Crippen molar-refractivity contribution in [2.75, 3.05) is 6.54 Å². The quantitative estimate of drug-likeness (QED) is 0.833. The second kappa shape index (κ2) is 7.08. The molecule has 0 aliphatic heterocycles. The molecule has 8 nitrogen and oxygen atoms in total. The molecule has 0 saturated heterocycles. The van der Waals surface area contributed by atoms with Gasteiger partial charge in [0.15, 0.2) is 0 Å². The Morgan fingerprint density at radius 2 is 1.84 bits per heavy atom. The maximum Gasteiger partial charge on any atom is 0.407 e. The summed E-state index contributed by atoms with van der Waals surface area (Å²) in [7, 11) is 0. The van der Waals surface area contributed by atoms with Gasteiger partial charge < -0.3 is 14.9 Å². The number of para-hydroxylation sites is 1. The van der Waals surface area contributed by atoms with Gasteiger partial charge in [-0.15, -0.1) is 5.10 Å². The van der Waals surface area contributed by atoms with Crippen molar-refractivity contribution in [3.63, 3.8) is 0 Å². The van der Waals surface area contributed by atoms with Gasteiger partial charge >= 0.3 is 12.1 Å². The van der Waals surface area contributed by atoms with Gasteiger partial charge in [0, 0.05) is 6.54 Å². The number of carbonyl (C=O) groups is 2. The van der Waals surface area contributed by atoms with Crippen molar-refractivity contribution in [3.8, 4) is 0 Å². The van der Waals surface area contributed by atoms with Crippen LogP contribution >= 0.6 is 0 Å². The average Bonchev–Trinajstić information content (AvgIpc) is 2.86. The van der Waals surface area contributed by atoms with Crippen LogP contribution in [0.25, 0.3) is 11.0 Å². The summed E-state index contributed by atoms with van der Waals surface area (Å²) in [5, 5.41) is 10.4. The standard InChI is InChI=1S/C17H24N4O4/c1-16(2,3)24-15(23)18-11-17(4,5)10-14(22)25-21-13-9-7-6-8-12(13)19-20-21/h6-9H,10-11H2,1-5H3,(H,18,23). The van der Waals surface area contributed by atoms with Crippen LogP contribution in [0.15, 0.2) is 24.3 Å². The summed E-state index contributed by atoms with van der Waals surface area (Å²) in [6.07, 6.45) is -0.423. The number of aromatic nitrogens is 3. The summed E-state index contributed by atoms with van der Waals surface area (Å²) in [6.45, 7) is 9.35. The van der Waals surface area contributed by atoms with Crippen LogP contribution in [0.3, 0.4) is 0 Å². The number of ether oxygens (including phenoxy) is 1. The molecular formula is C17H24N4O4.